The van der Waals surface area contributed by atoms with Gasteiger partial charge in [-0.1, -0.05) is 0 Å². The van der Waals surface area contributed by atoms with Crippen molar-refractivity contribution in [3.8, 4) is 0 Å². The van der Waals surface area contributed by atoms with Gasteiger partial charge in [-0.3, -0.25) is 0 Å². The smallest absolute Gasteiger partial charge is 0.340 e. The van der Waals surface area contributed by atoms with E-state index in [1.165, 1.54) is 7.11 Å². The molecule has 0 spiro atoms. The van der Waals surface area contributed by atoms with Crippen molar-refractivity contribution in [1.82, 2.24) is 0 Å². The lowest BCUT2D eigenvalue weighted by Crippen LogP contribution is -2.28. The van der Waals surface area contributed by atoms with Gasteiger partial charge in [0, 0.05) is 18.8 Å². The Hall–Kier alpha value is -1.75. The highest BCUT2D eigenvalue weighted by Gasteiger charge is 2.16. The van der Waals surface area contributed by atoms with Gasteiger partial charge in [0.25, 0.3) is 0 Å². The highest BCUT2D eigenvalue weighted by atomic mass is 16.5. The lowest BCUT2D eigenvalue weighted by molar-refractivity contribution is 0.0601. The lowest BCUT2D eigenvalue weighted by atomic mass is 10.1. The summed E-state index contributed by atoms with van der Waals surface area (Å²) in [7, 11) is 1.33. The predicted molar refractivity (Wildman–Crippen MR) is 67.2 cm³/mol. The fraction of sp³-hybridized carbons (Fsp3) is 0.417. The summed E-state index contributed by atoms with van der Waals surface area (Å²) in [6.07, 6.45) is 0. The van der Waals surface area contributed by atoms with Crippen LogP contribution in [0.1, 0.15) is 17.3 Å². The molecule has 3 N–H and O–H groups in total. The first-order valence-corrected chi connectivity index (χ1v) is 5.47. The number of nitrogen functional groups attached to an aromatic ring is 1. The molecule has 17 heavy (non-hydrogen) atoms. The Morgan fingerprint density at radius 3 is 2.76 bits per heavy atom. The number of methoxy groups -OCH3 is 1. The zero-order valence-electron chi connectivity index (χ0n) is 10.1. The Morgan fingerprint density at radius 1 is 1.53 bits per heavy atom. The van der Waals surface area contributed by atoms with E-state index in [0.717, 1.165) is 5.69 Å². The van der Waals surface area contributed by atoms with E-state index < -0.39 is 5.97 Å². The van der Waals surface area contributed by atoms with Crippen LogP contribution in [-0.2, 0) is 4.74 Å². The number of likely N-dealkylation sites (N-methyl/N-ethyl adjacent to an activating group) is 1. The van der Waals surface area contributed by atoms with Gasteiger partial charge in [-0.2, -0.15) is 0 Å². The van der Waals surface area contributed by atoms with Crippen molar-refractivity contribution < 1.29 is 14.6 Å². The molecule has 0 saturated carbocycles. The maximum Gasteiger partial charge on any atom is 0.340 e. The molecule has 0 aliphatic heterocycles. The number of ether oxygens (including phenoxy) is 1. The standard InChI is InChI=1S/C12H18N2O3/c1-3-14(6-7-15)11-5-4-9(13)8-10(11)12(16)17-2/h4-5,8,15H,3,6-7,13H2,1-2H3. The van der Waals surface area contributed by atoms with Crippen LogP contribution in [0.3, 0.4) is 0 Å². The van der Waals surface area contributed by atoms with E-state index in [9.17, 15) is 4.79 Å². The van der Waals surface area contributed by atoms with E-state index in [1.807, 2.05) is 11.8 Å². The molecule has 0 radical (unpaired) electrons. The third kappa shape index (κ3) is 3.10. The summed E-state index contributed by atoms with van der Waals surface area (Å²) >= 11 is 0. The zero-order chi connectivity index (χ0) is 12.8. The minimum absolute atomic E-state index is 0.0266. The summed E-state index contributed by atoms with van der Waals surface area (Å²) in [5.74, 6) is -0.427. The fourth-order valence-electron chi connectivity index (χ4n) is 1.67. The molecular weight excluding hydrogens is 220 g/mol. The van der Waals surface area contributed by atoms with E-state index in [1.54, 1.807) is 18.2 Å². The highest BCUT2D eigenvalue weighted by molar-refractivity contribution is 5.96. The molecular formula is C12H18N2O3. The molecule has 1 rings (SSSR count). The Labute approximate surface area is 101 Å². The van der Waals surface area contributed by atoms with Crippen molar-refractivity contribution in [2.75, 3.05) is 37.4 Å². The second kappa shape index (κ2) is 6.10. The average molecular weight is 238 g/mol. The number of carbonyl (C=O) groups excluding carboxylic acids is 1. The van der Waals surface area contributed by atoms with Gasteiger partial charge in [-0.05, 0) is 25.1 Å². The largest absolute Gasteiger partial charge is 0.465 e. The second-order valence-corrected chi connectivity index (χ2v) is 3.57. The van der Waals surface area contributed by atoms with Crippen molar-refractivity contribution in [3.05, 3.63) is 23.8 Å². The number of hydrogen-bond donors (Lipinski definition) is 2. The van der Waals surface area contributed by atoms with Crippen LogP contribution in [0.2, 0.25) is 0 Å². The summed E-state index contributed by atoms with van der Waals surface area (Å²) in [4.78, 5) is 13.5. The molecule has 5 heteroatoms. The number of carbonyl (C=O) groups is 1. The molecule has 0 saturated heterocycles. The molecule has 5 nitrogen and oxygen atoms in total. The van der Waals surface area contributed by atoms with Gasteiger partial charge in [-0.25, -0.2) is 4.79 Å². The van der Waals surface area contributed by atoms with Gasteiger partial charge in [-0.15, -0.1) is 0 Å². The molecule has 0 aliphatic carbocycles. The van der Waals surface area contributed by atoms with Crippen LogP contribution < -0.4 is 10.6 Å². The first kappa shape index (κ1) is 13.3. The Bertz CT molecular complexity index is 393. The summed E-state index contributed by atoms with van der Waals surface area (Å²) in [5, 5.41) is 8.99. The number of hydrogen-bond acceptors (Lipinski definition) is 5. The third-order valence-corrected chi connectivity index (χ3v) is 2.52. The minimum atomic E-state index is -0.427. The maximum atomic E-state index is 11.6. The number of nitrogens with zero attached hydrogens (tertiary/aromatic N) is 1. The molecule has 0 amide bonds. The Kier molecular flexibility index (Phi) is 4.78. The molecule has 0 fully saturated rings. The number of benzene rings is 1. The van der Waals surface area contributed by atoms with E-state index in [4.69, 9.17) is 15.6 Å². The molecule has 0 aromatic heterocycles. The van der Waals surface area contributed by atoms with Gasteiger partial charge in [0.15, 0.2) is 0 Å². The zero-order valence-corrected chi connectivity index (χ0v) is 10.1. The molecule has 0 unspecified atom stereocenters. The SMILES string of the molecule is CCN(CCO)c1ccc(N)cc1C(=O)OC. The lowest BCUT2D eigenvalue weighted by Gasteiger charge is -2.24. The van der Waals surface area contributed by atoms with Crippen molar-refractivity contribution in [2.24, 2.45) is 0 Å². The van der Waals surface area contributed by atoms with E-state index in [-0.39, 0.29) is 6.61 Å². The molecule has 0 aliphatic rings. The number of rotatable bonds is 5. The monoisotopic (exact) mass is 238 g/mol. The molecule has 94 valence electrons. The Morgan fingerprint density at radius 2 is 2.24 bits per heavy atom. The number of anilines is 2. The number of esters is 1. The fourth-order valence-corrected chi connectivity index (χ4v) is 1.67. The van der Waals surface area contributed by atoms with Gasteiger partial charge in [0.05, 0.1) is 25.0 Å². The van der Waals surface area contributed by atoms with Crippen LogP contribution in [-0.4, -0.2) is 37.9 Å². The van der Waals surface area contributed by atoms with Gasteiger partial charge in [0.1, 0.15) is 0 Å². The van der Waals surface area contributed by atoms with Crippen molar-refractivity contribution >= 4 is 17.3 Å². The van der Waals surface area contributed by atoms with Crippen LogP contribution in [0.25, 0.3) is 0 Å². The van der Waals surface area contributed by atoms with Gasteiger partial charge in [0.2, 0.25) is 0 Å². The van der Waals surface area contributed by atoms with Gasteiger partial charge >= 0.3 is 5.97 Å². The summed E-state index contributed by atoms with van der Waals surface area (Å²) in [5.41, 5.74) is 7.31. The van der Waals surface area contributed by atoms with E-state index >= 15 is 0 Å². The summed E-state index contributed by atoms with van der Waals surface area (Å²) in [6, 6.07) is 5.07. The van der Waals surface area contributed by atoms with Crippen molar-refractivity contribution in [3.63, 3.8) is 0 Å². The van der Waals surface area contributed by atoms with E-state index in [2.05, 4.69) is 0 Å². The molecule has 1 aromatic carbocycles. The molecule has 0 atom stereocenters. The predicted octanol–water partition coefficient (Wildman–Crippen LogP) is 0.874. The first-order valence-electron chi connectivity index (χ1n) is 5.47. The van der Waals surface area contributed by atoms with Crippen LogP contribution >= 0.6 is 0 Å². The maximum absolute atomic E-state index is 11.6. The second-order valence-electron chi connectivity index (χ2n) is 3.57. The van der Waals surface area contributed by atoms with Gasteiger partial charge < -0.3 is 20.5 Å². The molecule has 1 aromatic rings. The quantitative estimate of drug-likeness (QED) is 0.588. The number of nitrogens with two attached hydrogens (primary N) is 1. The third-order valence-electron chi connectivity index (χ3n) is 2.52. The normalized spacial score (nSPS) is 10.1. The molecule has 0 bridgehead atoms. The van der Waals surface area contributed by atoms with Crippen LogP contribution in [0, 0.1) is 0 Å². The number of aliphatic hydroxyl groups is 1. The topological polar surface area (TPSA) is 75.8 Å². The first-order chi connectivity index (χ1) is 8.13. The minimum Gasteiger partial charge on any atom is -0.465 e. The van der Waals surface area contributed by atoms with Crippen LogP contribution in [0.15, 0.2) is 18.2 Å². The average Bonchev–Trinajstić information content (AvgIpc) is 2.35. The van der Waals surface area contributed by atoms with E-state index in [0.29, 0.717) is 24.3 Å². The highest BCUT2D eigenvalue weighted by Crippen LogP contribution is 2.23. The number of aliphatic hydroxyl groups excluding tert-OH is 1. The summed E-state index contributed by atoms with van der Waals surface area (Å²) < 4.78 is 4.72. The Balaban J connectivity index is 3.16. The molecule has 0 heterocycles. The summed E-state index contributed by atoms with van der Waals surface area (Å²) in [6.45, 7) is 3.13. The van der Waals surface area contributed by atoms with Crippen LogP contribution in [0.4, 0.5) is 11.4 Å². The van der Waals surface area contributed by atoms with Crippen molar-refractivity contribution in [2.45, 2.75) is 6.92 Å². The van der Waals surface area contributed by atoms with Crippen LogP contribution in [0.5, 0.6) is 0 Å². The van der Waals surface area contributed by atoms with Crippen molar-refractivity contribution in [1.29, 1.82) is 0 Å².